The van der Waals surface area contributed by atoms with Crippen molar-refractivity contribution in [2.45, 2.75) is 26.3 Å². The van der Waals surface area contributed by atoms with Crippen molar-refractivity contribution in [3.8, 4) is 0 Å². The van der Waals surface area contributed by atoms with Crippen molar-refractivity contribution in [2.75, 3.05) is 0 Å². The Morgan fingerprint density at radius 1 is 1.25 bits per heavy atom. The maximum atomic E-state index is 6.20. The number of pyridine rings is 1. The van der Waals surface area contributed by atoms with Gasteiger partial charge in [-0.05, 0) is 55.2 Å². The summed E-state index contributed by atoms with van der Waals surface area (Å²) in [6.45, 7) is 4.04. The summed E-state index contributed by atoms with van der Waals surface area (Å²) in [5, 5.41) is 1.34. The van der Waals surface area contributed by atoms with Crippen LogP contribution >= 0.6 is 23.2 Å². The Morgan fingerprint density at radius 2 is 2.00 bits per heavy atom. The summed E-state index contributed by atoms with van der Waals surface area (Å²) in [5.41, 5.74) is 6.91. The molecule has 2 aromatic rings. The van der Waals surface area contributed by atoms with Gasteiger partial charge in [-0.3, -0.25) is 16.3 Å². The predicted octanol–water partition coefficient (Wildman–Crippen LogP) is 3.75. The molecular weight excluding hydrogens is 293 g/mol. The lowest BCUT2D eigenvalue weighted by Gasteiger charge is -2.18. The second kappa shape index (κ2) is 6.55. The van der Waals surface area contributed by atoms with Gasteiger partial charge < -0.3 is 0 Å². The van der Waals surface area contributed by atoms with Crippen LogP contribution in [0.15, 0.2) is 30.5 Å². The summed E-state index contributed by atoms with van der Waals surface area (Å²) >= 11 is 12.2. The number of aryl methyl sites for hydroxylation is 2. The van der Waals surface area contributed by atoms with Crippen molar-refractivity contribution in [3.05, 3.63) is 62.9 Å². The topological polar surface area (TPSA) is 50.9 Å². The Bertz CT molecular complexity index is 614. The fraction of sp³-hybridized carbons (Fsp3) is 0.267. The van der Waals surface area contributed by atoms with E-state index in [-0.39, 0.29) is 6.04 Å². The molecule has 5 heteroatoms. The van der Waals surface area contributed by atoms with Gasteiger partial charge in [-0.1, -0.05) is 29.3 Å². The maximum absolute atomic E-state index is 6.20. The molecule has 0 aliphatic heterocycles. The highest BCUT2D eigenvalue weighted by molar-refractivity contribution is 6.33. The number of benzene rings is 1. The van der Waals surface area contributed by atoms with Gasteiger partial charge in [0.15, 0.2) is 0 Å². The molecule has 1 aromatic carbocycles. The fourth-order valence-electron chi connectivity index (χ4n) is 2.24. The lowest BCUT2D eigenvalue weighted by molar-refractivity contribution is 0.535. The molecule has 0 saturated heterocycles. The summed E-state index contributed by atoms with van der Waals surface area (Å²) in [7, 11) is 0. The number of hydrogen-bond acceptors (Lipinski definition) is 3. The number of rotatable bonds is 4. The third kappa shape index (κ3) is 3.49. The minimum absolute atomic E-state index is 0.105. The normalized spacial score (nSPS) is 12.4. The fourth-order valence-corrected chi connectivity index (χ4v) is 2.63. The maximum Gasteiger partial charge on any atom is 0.0675 e. The van der Waals surface area contributed by atoms with E-state index in [2.05, 4.69) is 16.5 Å². The van der Waals surface area contributed by atoms with E-state index in [1.54, 1.807) is 12.1 Å². The van der Waals surface area contributed by atoms with Crippen LogP contribution in [0.5, 0.6) is 0 Å². The Kier molecular flexibility index (Phi) is 5.00. The average Bonchev–Trinajstić information content (AvgIpc) is 2.40. The zero-order valence-electron chi connectivity index (χ0n) is 11.5. The second-order valence-electron chi connectivity index (χ2n) is 4.87. The first-order valence-electron chi connectivity index (χ1n) is 6.34. The van der Waals surface area contributed by atoms with Crippen molar-refractivity contribution >= 4 is 23.2 Å². The first kappa shape index (κ1) is 15.3. The van der Waals surface area contributed by atoms with Crippen LogP contribution < -0.4 is 11.3 Å². The first-order chi connectivity index (χ1) is 9.51. The van der Waals surface area contributed by atoms with E-state index < -0.39 is 0 Å². The van der Waals surface area contributed by atoms with Crippen molar-refractivity contribution in [2.24, 2.45) is 5.84 Å². The number of nitrogens with two attached hydrogens (primary N) is 1. The number of nitrogens with zero attached hydrogens (tertiary/aromatic N) is 1. The van der Waals surface area contributed by atoms with Crippen LogP contribution in [-0.2, 0) is 6.42 Å². The number of hydrazine groups is 1. The zero-order chi connectivity index (χ0) is 14.7. The molecule has 0 fully saturated rings. The van der Waals surface area contributed by atoms with Crippen LogP contribution in [0.2, 0.25) is 10.0 Å². The highest BCUT2D eigenvalue weighted by atomic mass is 35.5. The summed E-state index contributed by atoms with van der Waals surface area (Å²) in [5.74, 6) is 5.68. The van der Waals surface area contributed by atoms with Crippen LogP contribution in [-0.4, -0.2) is 4.98 Å². The third-order valence-electron chi connectivity index (χ3n) is 3.22. The smallest absolute Gasteiger partial charge is 0.0675 e. The van der Waals surface area contributed by atoms with Gasteiger partial charge in [0.25, 0.3) is 0 Å². The Morgan fingerprint density at radius 3 is 2.65 bits per heavy atom. The van der Waals surface area contributed by atoms with Gasteiger partial charge >= 0.3 is 0 Å². The summed E-state index contributed by atoms with van der Waals surface area (Å²) < 4.78 is 0. The van der Waals surface area contributed by atoms with Crippen molar-refractivity contribution in [1.29, 1.82) is 0 Å². The predicted molar refractivity (Wildman–Crippen MR) is 83.9 cm³/mol. The molecule has 0 spiro atoms. The van der Waals surface area contributed by atoms with E-state index in [1.165, 1.54) is 0 Å². The molecule has 0 radical (unpaired) electrons. The summed E-state index contributed by atoms with van der Waals surface area (Å²) in [6.07, 6.45) is 2.47. The lowest BCUT2D eigenvalue weighted by atomic mass is 10.00. The lowest BCUT2D eigenvalue weighted by Crippen LogP contribution is -2.31. The van der Waals surface area contributed by atoms with Gasteiger partial charge in [0.05, 0.1) is 11.7 Å². The molecule has 0 amide bonds. The van der Waals surface area contributed by atoms with Crippen molar-refractivity contribution in [3.63, 3.8) is 0 Å². The van der Waals surface area contributed by atoms with Crippen LogP contribution in [0.3, 0.4) is 0 Å². The van der Waals surface area contributed by atoms with Crippen LogP contribution in [0.1, 0.15) is 28.4 Å². The molecule has 3 N–H and O–H groups in total. The average molecular weight is 310 g/mol. The third-order valence-corrected chi connectivity index (χ3v) is 3.82. The standard InChI is InChI=1S/C15H17Cl2N3/c1-9-5-10(2)15(19-8-9)14(20-18)7-11-6-12(16)3-4-13(11)17/h3-6,8,14,20H,7,18H2,1-2H3. The van der Waals surface area contributed by atoms with Gasteiger partial charge in [-0.15, -0.1) is 0 Å². The molecule has 1 atom stereocenters. The Labute approximate surface area is 129 Å². The molecule has 1 aromatic heterocycles. The molecule has 20 heavy (non-hydrogen) atoms. The number of halogens is 2. The van der Waals surface area contributed by atoms with E-state index in [0.29, 0.717) is 16.5 Å². The molecule has 2 rings (SSSR count). The van der Waals surface area contributed by atoms with E-state index in [9.17, 15) is 0 Å². The molecule has 1 heterocycles. The van der Waals surface area contributed by atoms with Crippen molar-refractivity contribution < 1.29 is 0 Å². The minimum atomic E-state index is -0.105. The van der Waals surface area contributed by atoms with Crippen molar-refractivity contribution in [1.82, 2.24) is 10.4 Å². The number of nitrogens with one attached hydrogen (secondary N) is 1. The first-order valence-corrected chi connectivity index (χ1v) is 7.10. The Balaban J connectivity index is 2.31. The molecule has 1 unspecified atom stereocenters. The summed E-state index contributed by atoms with van der Waals surface area (Å²) in [6, 6.07) is 7.41. The van der Waals surface area contributed by atoms with Crippen LogP contribution in [0, 0.1) is 13.8 Å². The monoisotopic (exact) mass is 309 g/mol. The molecule has 3 nitrogen and oxygen atoms in total. The van der Waals surface area contributed by atoms with E-state index in [1.807, 2.05) is 26.1 Å². The highest BCUT2D eigenvalue weighted by Gasteiger charge is 2.16. The molecule has 0 aliphatic rings. The van der Waals surface area contributed by atoms with Gasteiger partial charge in [-0.2, -0.15) is 0 Å². The van der Waals surface area contributed by atoms with Gasteiger partial charge in [0.1, 0.15) is 0 Å². The second-order valence-corrected chi connectivity index (χ2v) is 5.72. The minimum Gasteiger partial charge on any atom is -0.271 e. The van der Waals surface area contributed by atoms with Crippen LogP contribution in [0.4, 0.5) is 0 Å². The van der Waals surface area contributed by atoms with Gasteiger partial charge in [0.2, 0.25) is 0 Å². The molecule has 0 aliphatic carbocycles. The van der Waals surface area contributed by atoms with E-state index in [4.69, 9.17) is 29.0 Å². The molecule has 106 valence electrons. The van der Waals surface area contributed by atoms with Gasteiger partial charge in [-0.25, -0.2) is 0 Å². The Hall–Kier alpha value is -1.13. The number of hydrogen-bond donors (Lipinski definition) is 2. The largest absolute Gasteiger partial charge is 0.271 e. The summed E-state index contributed by atoms with van der Waals surface area (Å²) in [4.78, 5) is 4.48. The van der Waals surface area contributed by atoms with E-state index in [0.717, 1.165) is 22.4 Å². The van der Waals surface area contributed by atoms with E-state index >= 15 is 0 Å². The molecule has 0 bridgehead atoms. The quantitative estimate of drug-likeness (QED) is 0.668. The molecule has 0 saturated carbocycles. The van der Waals surface area contributed by atoms with Crippen LogP contribution in [0.25, 0.3) is 0 Å². The molecular formula is C15H17Cl2N3. The van der Waals surface area contributed by atoms with Gasteiger partial charge in [0, 0.05) is 16.2 Å². The number of aromatic nitrogens is 1. The highest BCUT2D eigenvalue weighted by Crippen LogP contribution is 2.26. The SMILES string of the molecule is Cc1cnc(C(Cc2cc(Cl)ccc2Cl)NN)c(C)c1. The zero-order valence-corrected chi connectivity index (χ0v) is 13.0.